The first-order chi connectivity index (χ1) is 8.20. The summed E-state index contributed by atoms with van der Waals surface area (Å²) >= 11 is 1.73. The van der Waals surface area contributed by atoms with Gasteiger partial charge in [0.2, 0.25) is 0 Å². The van der Waals surface area contributed by atoms with Crippen LogP contribution in [-0.4, -0.2) is 4.98 Å². The van der Waals surface area contributed by atoms with Crippen molar-refractivity contribution in [3.05, 3.63) is 51.7 Å². The van der Waals surface area contributed by atoms with Gasteiger partial charge in [0.25, 0.3) is 0 Å². The van der Waals surface area contributed by atoms with Crippen molar-refractivity contribution in [2.75, 3.05) is 0 Å². The molecule has 0 saturated carbocycles. The van der Waals surface area contributed by atoms with E-state index in [1.807, 2.05) is 0 Å². The molecule has 2 heterocycles. The van der Waals surface area contributed by atoms with Crippen LogP contribution in [0.4, 0.5) is 4.39 Å². The van der Waals surface area contributed by atoms with E-state index in [0.717, 1.165) is 6.42 Å². The average Bonchev–Trinajstić information content (AvgIpc) is 2.77. The van der Waals surface area contributed by atoms with Crippen molar-refractivity contribution < 1.29 is 4.39 Å². The van der Waals surface area contributed by atoms with Crippen LogP contribution in [0.5, 0.6) is 0 Å². The minimum Gasteiger partial charge on any atom is -0.322 e. The summed E-state index contributed by atoms with van der Waals surface area (Å²) in [4.78, 5) is 6.51. The zero-order valence-corrected chi connectivity index (χ0v) is 10.5. The normalized spacial score (nSPS) is 12.6. The van der Waals surface area contributed by atoms with E-state index < -0.39 is 0 Å². The summed E-state index contributed by atoms with van der Waals surface area (Å²) in [5.74, 6) is -0.327. The predicted molar refractivity (Wildman–Crippen MR) is 68.5 cm³/mol. The molecule has 0 fully saturated rings. The van der Waals surface area contributed by atoms with Crippen molar-refractivity contribution in [3.63, 3.8) is 0 Å². The van der Waals surface area contributed by atoms with Gasteiger partial charge in [0.1, 0.15) is 5.82 Å². The van der Waals surface area contributed by atoms with E-state index >= 15 is 0 Å². The number of aromatic nitrogens is 1. The minimum atomic E-state index is -0.375. The Morgan fingerprint density at radius 3 is 2.76 bits per heavy atom. The zero-order chi connectivity index (χ0) is 12.3. The van der Waals surface area contributed by atoms with Gasteiger partial charge in [-0.15, -0.1) is 11.3 Å². The molecule has 0 bridgehead atoms. The molecule has 0 aliphatic rings. The Bertz CT molecular complexity index is 496. The van der Waals surface area contributed by atoms with Crippen LogP contribution in [-0.2, 0) is 12.8 Å². The number of thiophene rings is 1. The van der Waals surface area contributed by atoms with Crippen LogP contribution in [0.2, 0.25) is 0 Å². The van der Waals surface area contributed by atoms with Crippen LogP contribution in [0.15, 0.2) is 30.5 Å². The molecule has 0 radical (unpaired) electrons. The van der Waals surface area contributed by atoms with E-state index in [4.69, 9.17) is 5.73 Å². The maximum absolute atomic E-state index is 13.5. The molecule has 1 atom stereocenters. The molecule has 2 N–H and O–H groups in total. The molecule has 2 aromatic rings. The lowest BCUT2D eigenvalue weighted by atomic mass is 10.1. The molecular weight excluding hydrogens is 235 g/mol. The van der Waals surface area contributed by atoms with Crippen molar-refractivity contribution in [1.29, 1.82) is 0 Å². The van der Waals surface area contributed by atoms with Gasteiger partial charge < -0.3 is 5.73 Å². The molecule has 1 unspecified atom stereocenters. The maximum Gasteiger partial charge on any atom is 0.146 e. The SMILES string of the molecule is CCc1ccc(CC(N)c2ncccc2F)s1. The van der Waals surface area contributed by atoms with E-state index in [0.29, 0.717) is 12.1 Å². The fraction of sp³-hybridized carbons (Fsp3) is 0.308. The third-order valence-corrected chi connectivity index (χ3v) is 3.88. The first kappa shape index (κ1) is 12.2. The summed E-state index contributed by atoms with van der Waals surface area (Å²) in [5.41, 5.74) is 6.33. The molecule has 4 heteroatoms. The smallest absolute Gasteiger partial charge is 0.146 e. The van der Waals surface area contributed by atoms with Gasteiger partial charge in [-0.3, -0.25) is 4.98 Å². The second-order valence-electron chi connectivity index (χ2n) is 3.90. The third-order valence-electron chi connectivity index (χ3n) is 2.63. The number of pyridine rings is 1. The number of hydrogen-bond donors (Lipinski definition) is 1. The van der Waals surface area contributed by atoms with Crippen molar-refractivity contribution >= 4 is 11.3 Å². The van der Waals surface area contributed by atoms with Gasteiger partial charge in [0.05, 0.1) is 11.7 Å². The molecular formula is C13H15FN2S. The summed E-state index contributed by atoms with van der Waals surface area (Å²) < 4.78 is 13.5. The van der Waals surface area contributed by atoms with Crippen molar-refractivity contribution in [3.8, 4) is 0 Å². The second-order valence-corrected chi connectivity index (χ2v) is 5.16. The molecule has 17 heavy (non-hydrogen) atoms. The lowest BCUT2D eigenvalue weighted by molar-refractivity contribution is 0.565. The number of nitrogens with two attached hydrogens (primary N) is 1. The highest BCUT2D eigenvalue weighted by Crippen LogP contribution is 2.23. The summed E-state index contributed by atoms with van der Waals surface area (Å²) in [5, 5.41) is 0. The fourth-order valence-electron chi connectivity index (χ4n) is 1.71. The lowest BCUT2D eigenvalue weighted by Gasteiger charge is -2.10. The number of hydrogen-bond acceptors (Lipinski definition) is 3. The Labute approximate surface area is 104 Å². The molecule has 0 saturated heterocycles. The van der Waals surface area contributed by atoms with Crippen molar-refractivity contribution in [1.82, 2.24) is 4.98 Å². The molecule has 2 aromatic heterocycles. The molecule has 90 valence electrons. The highest BCUT2D eigenvalue weighted by molar-refractivity contribution is 7.11. The van der Waals surface area contributed by atoms with Crippen LogP contribution in [0.3, 0.4) is 0 Å². The first-order valence-corrected chi connectivity index (χ1v) is 6.46. The maximum atomic E-state index is 13.5. The number of rotatable bonds is 4. The summed E-state index contributed by atoms with van der Waals surface area (Å²) in [7, 11) is 0. The molecule has 0 spiro atoms. The largest absolute Gasteiger partial charge is 0.322 e. The summed E-state index contributed by atoms with van der Waals surface area (Å²) in [6.45, 7) is 2.12. The monoisotopic (exact) mass is 250 g/mol. The Morgan fingerprint density at radius 1 is 1.35 bits per heavy atom. The standard InChI is InChI=1S/C13H15FN2S/c1-2-9-5-6-10(17-9)8-12(15)13-11(14)4-3-7-16-13/h3-7,12H,2,8,15H2,1H3. The van der Waals surface area contributed by atoms with E-state index in [1.54, 1.807) is 23.6 Å². The van der Waals surface area contributed by atoms with E-state index in [9.17, 15) is 4.39 Å². The van der Waals surface area contributed by atoms with Crippen molar-refractivity contribution in [2.24, 2.45) is 5.73 Å². The van der Waals surface area contributed by atoms with Crippen LogP contribution in [0.25, 0.3) is 0 Å². The van der Waals surface area contributed by atoms with E-state index in [2.05, 4.69) is 24.0 Å². The highest BCUT2D eigenvalue weighted by Gasteiger charge is 2.14. The third kappa shape index (κ3) is 2.90. The highest BCUT2D eigenvalue weighted by atomic mass is 32.1. The predicted octanol–water partition coefficient (Wildman–Crippen LogP) is 3.09. The van der Waals surface area contributed by atoms with Crippen LogP contribution in [0.1, 0.15) is 28.4 Å². The van der Waals surface area contributed by atoms with Gasteiger partial charge in [-0.25, -0.2) is 4.39 Å². The Kier molecular flexibility index (Phi) is 3.86. The molecule has 0 aromatic carbocycles. The van der Waals surface area contributed by atoms with E-state index in [1.165, 1.54) is 15.8 Å². The van der Waals surface area contributed by atoms with Gasteiger partial charge in [0, 0.05) is 22.4 Å². The minimum absolute atomic E-state index is 0.327. The van der Waals surface area contributed by atoms with Gasteiger partial charge >= 0.3 is 0 Å². The molecule has 0 amide bonds. The Balaban J connectivity index is 2.11. The van der Waals surface area contributed by atoms with Gasteiger partial charge in [-0.05, 0) is 30.7 Å². The average molecular weight is 250 g/mol. The van der Waals surface area contributed by atoms with Crippen molar-refractivity contribution in [2.45, 2.75) is 25.8 Å². The van der Waals surface area contributed by atoms with Crippen LogP contribution in [0, 0.1) is 5.82 Å². The molecule has 0 aliphatic carbocycles. The second kappa shape index (κ2) is 5.38. The van der Waals surface area contributed by atoms with Crippen LogP contribution < -0.4 is 5.73 Å². The van der Waals surface area contributed by atoms with Crippen LogP contribution >= 0.6 is 11.3 Å². The number of nitrogens with zero attached hydrogens (tertiary/aromatic N) is 1. The zero-order valence-electron chi connectivity index (χ0n) is 9.69. The number of halogens is 1. The summed E-state index contributed by atoms with van der Waals surface area (Å²) in [6, 6.07) is 6.76. The first-order valence-electron chi connectivity index (χ1n) is 5.64. The lowest BCUT2D eigenvalue weighted by Crippen LogP contribution is -2.16. The molecule has 2 nitrogen and oxygen atoms in total. The van der Waals surface area contributed by atoms with Gasteiger partial charge in [-0.2, -0.15) is 0 Å². The fourth-order valence-corrected chi connectivity index (χ4v) is 2.72. The van der Waals surface area contributed by atoms with Gasteiger partial charge in [-0.1, -0.05) is 6.92 Å². The quantitative estimate of drug-likeness (QED) is 0.905. The van der Waals surface area contributed by atoms with Gasteiger partial charge in [0.15, 0.2) is 0 Å². The number of aryl methyl sites for hydroxylation is 1. The van der Waals surface area contributed by atoms with E-state index in [-0.39, 0.29) is 11.9 Å². The topological polar surface area (TPSA) is 38.9 Å². The summed E-state index contributed by atoms with van der Waals surface area (Å²) in [6.07, 6.45) is 3.24. The molecule has 0 aliphatic heterocycles. The Hall–Kier alpha value is -1.26. The Morgan fingerprint density at radius 2 is 2.12 bits per heavy atom. The molecule has 2 rings (SSSR count).